The molecular weight excluding hydrogens is 364 g/mol. The molecule has 1 heterocycles. The maximum Gasteiger partial charge on any atom is 0.222 e. The summed E-state index contributed by atoms with van der Waals surface area (Å²) >= 11 is 0. The minimum absolute atomic E-state index is 0.000707. The number of ether oxygens (including phenoxy) is 2. The van der Waals surface area contributed by atoms with Gasteiger partial charge in [-0.25, -0.2) is 0 Å². The maximum absolute atomic E-state index is 12.4. The number of methoxy groups -OCH3 is 2. The molecule has 1 aliphatic rings. The second-order valence-electron chi connectivity index (χ2n) is 8.16. The Bertz CT molecular complexity index is 836. The summed E-state index contributed by atoms with van der Waals surface area (Å²) in [6.45, 7) is 7.89. The molecule has 5 nitrogen and oxygen atoms in total. The number of amides is 1. The number of hydrogen-bond donors (Lipinski definition) is 2. The molecule has 2 N–H and O–H groups in total. The van der Waals surface area contributed by atoms with E-state index in [1.54, 1.807) is 14.2 Å². The Morgan fingerprint density at radius 2 is 1.76 bits per heavy atom. The molecule has 0 aliphatic carbocycles. The highest BCUT2D eigenvalue weighted by molar-refractivity contribution is 5.78. The van der Waals surface area contributed by atoms with E-state index >= 15 is 0 Å². The van der Waals surface area contributed by atoms with Crippen molar-refractivity contribution >= 4 is 5.91 Å². The zero-order valence-corrected chi connectivity index (χ0v) is 18.1. The highest BCUT2D eigenvalue weighted by Crippen LogP contribution is 2.35. The quantitative estimate of drug-likeness (QED) is 0.755. The van der Waals surface area contributed by atoms with Gasteiger partial charge in [-0.15, -0.1) is 0 Å². The molecule has 0 aromatic heterocycles. The molecule has 1 amide bonds. The van der Waals surface area contributed by atoms with E-state index < -0.39 is 0 Å². The van der Waals surface area contributed by atoms with Crippen LogP contribution in [0.2, 0.25) is 0 Å². The molecule has 2 aromatic rings. The minimum Gasteiger partial charge on any atom is -0.493 e. The van der Waals surface area contributed by atoms with Gasteiger partial charge in [-0.2, -0.15) is 0 Å². The SMILES string of the molecule is COc1cc2c(cc1OC)[C@@H]([C@@H](C)NC(=O)C(C)C)[NH+](Cc1ccccc1)CC2. The second-order valence-corrected chi connectivity index (χ2v) is 8.16. The number of nitrogens with one attached hydrogen (secondary N) is 2. The van der Waals surface area contributed by atoms with Crippen molar-refractivity contribution in [2.24, 2.45) is 5.92 Å². The third-order valence-electron chi connectivity index (χ3n) is 5.80. The summed E-state index contributed by atoms with van der Waals surface area (Å²) in [5, 5.41) is 3.24. The molecule has 3 rings (SSSR count). The van der Waals surface area contributed by atoms with Crippen LogP contribution in [0, 0.1) is 5.92 Å². The number of hydrogen-bond acceptors (Lipinski definition) is 3. The fourth-order valence-electron chi connectivity index (χ4n) is 4.27. The van der Waals surface area contributed by atoms with Gasteiger partial charge in [0.25, 0.3) is 0 Å². The molecule has 0 saturated carbocycles. The topological polar surface area (TPSA) is 52.0 Å². The summed E-state index contributed by atoms with van der Waals surface area (Å²) in [6.07, 6.45) is 0.971. The number of fused-ring (bicyclic) bond motifs is 1. The van der Waals surface area contributed by atoms with Crippen LogP contribution < -0.4 is 19.7 Å². The fraction of sp³-hybridized carbons (Fsp3) is 0.458. The van der Waals surface area contributed by atoms with E-state index in [1.165, 1.54) is 21.6 Å². The standard InChI is InChI=1S/C24H32N2O3/c1-16(2)24(27)25-17(3)23-20-14-22(29-5)21(28-4)13-19(20)11-12-26(23)15-18-9-7-6-8-10-18/h6-10,13-14,16-17,23H,11-12,15H2,1-5H3,(H,25,27)/p+1/t17-,23-/m1/s1. The zero-order valence-electron chi connectivity index (χ0n) is 18.1. The lowest BCUT2D eigenvalue weighted by atomic mass is 9.87. The number of benzene rings is 2. The van der Waals surface area contributed by atoms with Crippen LogP contribution in [-0.4, -0.2) is 32.7 Å². The largest absolute Gasteiger partial charge is 0.493 e. The van der Waals surface area contributed by atoms with Crippen molar-refractivity contribution in [2.45, 2.75) is 45.8 Å². The first-order valence-electron chi connectivity index (χ1n) is 10.4. The van der Waals surface area contributed by atoms with Crippen molar-refractivity contribution < 1.29 is 19.2 Å². The van der Waals surface area contributed by atoms with Gasteiger partial charge in [0.2, 0.25) is 5.91 Å². The Balaban J connectivity index is 1.98. The Kier molecular flexibility index (Phi) is 6.80. The predicted molar refractivity (Wildman–Crippen MR) is 114 cm³/mol. The number of carbonyl (C=O) groups excluding carboxylic acids is 1. The molecule has 29 heavy (non-hydrogen) atoms. The van der Waals surface area contributed by atoms with Crippen LogP contribution in [0.25, 0.3) is 0 Å². The minimum atomic E-state index is -0.0384. The Labute approximate surface area is 174 Å². The van der Waals surface area contributed by atoms with Crippen LogP contribution in [0.1, 0.15) is 43.5 Å². The average Bonchev–Trinajstić information content (AvgIpc) is 2.72. The highest BCUT2D eigenvalue weighted by atomic mass is 16.5. The third-order valence-corrected chi connectivity index (χ3v) is 5.80. The van der Waals surface area contributed by atoms with Gasteiger partial charge in [0.1, 0.15) is 12.6 Å². The first-order valence-corrected chi connectivity index (χ1v) is 10.4. The van der Waals surface area contributed by atoms with Gasteiger partial charge in [0.15, 0.2) is 11.5 Å². The summed E-state index contributed by atoms with van der Waals surface area (Å²) in [4.78, 5) is 13.9. The van der Waals surface area contributed by atoms with Crippen molar-refractivity contribution in [2.75, 3.05) is 20.8 Å². The molecule has 0 fully saturated rings. The van der Waals surface area contributed by atoms with Crippen molar-refractivity contribution in [3.05, 3.63) is 59.2 Å². The van der Waals surface area contributed by atoms with Crippen molar-refractivity contribution in [1.82, 2.24) is 5.32 Å². The molecule has 0 spiro atoms. The number of rotatable bonds is 7. The predicted octanol–water partition coefficient (Wildman–Crippen LogP) is 2.55. The van der Waals surface area contributed by atoms with Gasteiger partial charge >= 0.3 is 0 Å². The van der Waals surface area contributed by atoms with Gasteiger partial charge in [0.05, 0.1) is 26.8 Å². The summed E-state index contributed by atoms with van der Waals surface area (Å²) < 4.78 is 11.1. The Morgan fingerprint density at radius 3 is 2.38 bits per heavy atom. The van der Waals surface area contributed by atoms with Gasteiger partial charge in [-0.05, 0) is 24.6 Å². The smallest absolute Gasteiger partial charge is 0.222 e. The maximum atomic E-state index is 12.4. The van der Waals surface area contributed by atoms with E-state index in [0.29, 0.717) is 0 Å². The average molecular weight is 398 g/mol. The fourth-order valence-corrected chi connectivity index (χ4v) is 4.27. The molecule has 0 bridgehead atoms. The number of quaternary nitrogens is 1. The van der Waals surface area contributed by atoms with Crippen molar-refractivity contribution in [3.8, 4) is 11.5 Å². The molecule has 156 valence electrons. The van der Waals surface area contributed by atoms with Gasteiger partial charge in [-0.1, -0.05) is 44.2 Å². The summed E-state index contributed by atoms with van der Waals surface area (Å²) in [7, 11) is 3.34. The van der Waals surface area contributed by atoms with Crippen LogP contribution in [0.5, 0.6) is 11.5 Å². The van der Waals surface area contributed by atoms with E-state index in [4.69, 9.17) is 9.47 Å². The van der Waals surface area contributed by atoms with E-state index in [9.17, 15) is 4.79 Å². The molecule has 3 atom stereocenters. The zero-order chi connectivity index (χ0) is 21.0. The number of carbonyl (C=O) groups is 1. The lowest BCUT2D eigenvalue weighted by molar-refractivity contribution is -0.948. The molecular formula is C24H33N2O3+. The lowest BCUT2D eigenvalue weighted by Gasteiger charge is -2.38. The van der Waals surface area contributed by atoms with E-state index in [1.807, 2.05) is 19.9 Å². The Hall–Kier alpha value is -2.53. The molecule has 0 radical (unpaired) electrons. The third kappa shape index (κ3) is 4.73. The molecule has 2 aromatic carbocycles. The molecule has 0 saturated heterocycles. The first kappa shape index (κ1) is 21.2. The van der Waals surface area contributed by atoms with Gasteiger partial charge in [0, 0.05) is 23.5 Å². The molecule has 1 aliphatic heterocycles. The normalized spacial score (nSPS) is 19.4. The van der Waals surface area contributed by atoms with Crippen LogP contribution in [0.4, 0.5) is 0 Å². The second kappa shape index (κ2) is 9.31. The Morgan fingerprint density at radius 1 is 1.10 bits per heavy atom. The van der Waals surface area contributed by atoms with Crippen LogP contribution in [0.15, 0.2) is 42.5 Å². The lowest BCUT2D eigenvalue weighted by Crippen LogP contribution is -3.13. The van der Waals surface area contributed by atoms with Crippen LogP contribution >= 0.6 is 0 Å². The summed E-state index contributed by atoms with van der Waals surface area (Å²) in [5.74, 6) is 1.54. The van der Waals surface area contributed by atoms with E-state index in [0.717, 1.165) is 31.0 Å². The summed E-state index contributed by atoms with van der Waals surface area (Å²) in [6, 6.07) is 14.9. The van der Waals surface area contributed by atoms with Gasteiger partial charge < -0.3 is 19.7 Å². The highest BCUT2D eigenvalue weighted by Gasteiger charge is 2.37. The van der Waals surface area contributed by atoms with E-state index in [-0.39, 0.29) is 23.9 Å². The monoisotopic (exact) mass is 397 g/mol. The van der Waals surface area contributed by atoms with Crippen molar-refractivity contribution in [1.29, 1.82) is 0 Å². The first-order chi connectivity index (χ1) is 13.9. The van der Waals surface area contributed by atoms with Gasteiger partial charge in [-0.3, -0.25) is 4.79 Å². The molecule has 1 unspecified atom stereocenters. The van der Waals surface area contributed by atoms with E-state index in [2.05, 4.69) is 48.6 Å². The van der Waals surface area contributed by atoms with Crippen LogP contribution in [-0.2, 0) is 17.8 Å². The van der Waals surface area contributed by atoms with Crippen LogP contribution in [0.3, 0.4) is 0 Å². The van der Waals surface area contributed by atoms with Crippen molar-refractivity contribution in [3.63, 3.8) is 0 Å². The summed E-state index contributed by atoms with van der Waals surface area (Å²) in [5.41, 5.74) is 3.81. The molecule has 5 heteroatoms.